The lowest BCUT2D eigenvalue weighted by molar-refractivity contribution is -0.149. The molecule has 0 bridgehead atoms. The van der Waals surface area contributed by atoms with E-state index in [2.05, 4.69) is 15.5 Å². The highest BCUT2D eigenvalue weighted by atomic mass is 16.2. The molecule has 0 unspecified atom stereocenters. The zero-order valence-electron chi connectivity index (χ0n) is 16.0. The van der Waals surface area contributed by atoms with Crippen molar-refractivity contribution in [3.8, 4) is 0 Å². The number of hydrogen-bond acceptors (Lipinski definition) is 3. The fourth-order valence-electron chi connectivity index (χ4n) is 3.84. The molecule has 1 spiro atoms. The van der Waals surface area contributed by atoms with Crippen LogP contribution in [-0.2, 0) is 19.8 Å². The lowest BCUT2D eigenvalue weighted by Crippen LogP contribution is -2.52. The number of likely N-dealkylation sites (tertiary alicyclic amines) is 1. The fourth-order valence-corrected chi connectivity index (χ4v) is 3.84. The largest absolute Gasteiger partial charge is 0.353 e. The second kappa shape index (κ2) is 6.38. The maximum absolute atomic E-state index is 13.2. The molecule has 3 rings (SSSR count). The van der Waals surface area contributed by atoms with Crippen LogP contribution in [0.3, 0.4) is 0 Å². The summed E-state index contributed by atoms with van der Waals surface area (Å²) in [5, 5.41) is 5.63. The molecule has 7 heteroatoms. The van der Waals surface area contributed by atoms with E-state index in [1.54, 1.807) is 13.8 Å². The predicted molar refractivity (Wildman–Crippen MR) is 101 cm³/mol. The number of hydrogen-bond donors (Lipinski definition) is 2. The Morgan fingerprint density at radius 3 is 2.67 bits per heavy atom. The number of anilines is 1. The number of carbonyl (C=O) groups excluding carboxylic acids is 3. The van der Waals surface area contributed by atoms with Crippen molar-refractivity contribution in [2.45, 2.75) is 51.7 Å². The van der Waals surface area contributed by atoms with Crippen LogP contribution in [0.25, 0.3) is 4.85 Å². The van der Waals surface area contributed by atoms with Crippen molar-refractivity contribution in [3.63, 3.8) is 0 Å². The van der Waals surface area contributed by atoms with Crippen molar-refractivity contribution >= 4 is 23.4 Å². The first-order valence-corrected chi connectivity index (χ1v) is 9.03. The van der Waals surface area contributed by atoms with Gasteiger partial charge in [-0.3, -0.25) is 24.1 Å². The van der Waals surface area contributed by atoms with E-state index in [1.165, 1.54) is 4.90 Å². The smallest absolute Gasteiger partial charge is 0.302 e. The number of amides is 3. The van der Waals surface area contributed by atoms with Gasteiger partial charge >= 0.3 is 6.17 Å². The van der Waals surface area contributed by atoms with Crippen LogP contribution in [0.2, 0.25) is 0 Å². The van der Waals surface area contributed by atoms with Gasteiger partial charge in [-0.15, -0.1) is 0 Å². The standard InChI is InChI=1S/C20H24N4O3/c1-12(2)22-16(25)19(3,4)18(27)24-11-20(10-15(24)21-5)13-8-6-7-9-14(13)23-17(20)26/h6-9,12,15H,10-11H2,1-4H3,(H,22,25)(H,23,26)/t15-,20-/m0/s1. The number of rotatable bonds is 3. The van der Waals surface area contributed by atoms with Crippen LogP contribution in [0.4, 0.5) is 5.69 Å². The molecule has 1 fully saturated rings. The van der Waals surface area contributed by atoms with E-state index in [1.807, 2.05) is 38.1 Å². The Morgan fingerprint density at radius 1 is 1.37 bits per heavy atom. The van der Waals surface area contributed by atoms with Crippen molar-refractivity contribution in [1.82, 2.24) is 10.2 Å². The molecule has 1 aromatic rings. The number of benzene rings is 1. The molecular formula is C20H24N4O3. The van der Waals surface area contributed by atoms with E-state index < -0.39 is 22.9 Å². The summed E-state index contributed by atoms with van der Waals surface area (Å²) in [7, 11) is 0. The summed E-state index contributed by atoms with van der Waals surface area (Å²) in [4.78, 5) is 43.5. The van der Waals surface area contributed by atoms with Gasteiger partial charge in [0.1, 0.15) is 10.8 Å². The molecule has 7 nitrogen and oxygen atoms in total. The summed E-state index contributed by atoms with van der Waals surface area (Å²) in [6.07, 6.45) is -0.548. The Balaban J connectivity index is 1.94. The molecule has 2 heterocycles. The van der Waals surface area contributed by atoms with Crippen LogP contribution in [0, 0.1) is 12.0 Å². The van der Waals surface area contributed by atoms with Gasteiger partial charge in [-0.1, -0.05) is 18.2 Å². The third-order valence-electron chi connectivity index (χ3n) is 5.39. The maximum Gasteiger partial charge on any atom is 0.302 e. The molecule has 0 radical (unpaired) electrons. The Bertz CT molecular complexity index is 855. The summed E-state index contributed by atoms with van der Waals surface area (Å²) in [5.41, 5.74) is -0.736. The van der Waals surface area contributed by atoms with Crippen molar-refractivity contribution < 1.29 is 14.4 Å². The van der Waals surface area contributed by atoms with Crippen LogP contribution in [-0.4, -0.2) is 41.4 Å². The molecule has 2 aliphatic heterocycles. The van der Waals surface area contributed by atoms with Gasteiger partial charge in [0, 0.05) is 18.3 Å². The molecule has 1 saturated heterocycles. The van der Waals surface area contributed by atoms with Gasteiger partial charge in [0.05, 0.1) is 6.42 Å². The zero-order chi connectivity index (χ0) is 20.0. The van der Waals surface area contributed by atoms with E-state index in [0.29, 0.717) is 0 Å². The van der Waals surface area contributed by atoms with Crippen LogP contribution in [0.15, 0.2) is 24.3 Å². The van der Waals surface area contributed by atoms with Gasteiger partial charge in [-0.2, -0.15) is 0 Å². The second-order valence-corrected chi connectivity index (χ2v) is 8.08. The summed E-state index contributed by atoms with van der Waals surface area (Å²) >= 11 is 0. The Hall–Kier alpha value is -2.88. The first-order chi connectivity index (χ1) is 12.6. The van der Waals surface area contributed by atoms with Crippen molar-refractivity contribution in [1.29, 1.82) is 0 Å². The first-order valence-electron chi connectivity index (χ1n) is 9.03. The lowest BCUT2D eigenvalue weighted by Gasteiger charge is -2.29. The van der Waals surface area contributed by atoms with Crippen LogP contribution in [0.1, 0.15) is 39.7 Å². The van der Waals surface area contributed by atoms with Crippen LogP contribution in [0.5, 0.6) is 0 Å². The van der Waals surface area contributed by atoms with Gasteiger partial charge in [0.15, 0.2) is 0 Å². The third-order valence-corrected chi connectivity index (χ3v) is 5.39. The molecule has 2 aliphatic rings. The molecule has 3 amide bonds. The average molecular weight is 368 g/mol. The van der Waals surface area contributed by atoms with Gasteiger partial charge < -0.3 is 10.6 Å². The predicted octanol–water partition coefficient (Wildman–Crippen LogP) is 1.90. The molecule has 2 atom stereocenters. The van der Waals surface area contributed by atoms with Crippen LogP contribution < -0.4 is 10.6 Å². The van der Waals surface area contributed by atoms with Gasteiger partial charge in [0.2, 0.25) is 17.7 Å². The quantitative estimate of drug-likeness (QED) is 0.631. The minimum atomic E-state index is -1.33. The molecule has 1 aromatic carbocycles. The summed E-state index contributed by atoms with van der Waals surface area (Å²) in [5.74, 6) is -1.02. The number of fused-ring (bicyclic) bond motifs is 2. The number of para-hydroxylation sites is 1. The summed E-state index contributed by atoms with van der Waals surface area (Å²) < 4.78 is 0. The third kappa shape index (κ3) is 2.85. The highest BCUT2D eigenvalue weighted by Gasteiger charge is 2.60. The molecular weight excluding hydrogens is 344 g/mol. The first kappa shape index (κ1) is 18.9. The number of nitrogens with zero attached hydrogens (tertiary/aromatic N) is 2. The van der Waals surface area contributed by atoms with Crippen molar-refractivity contribution in [3.05, 3.63) is 41.2 Å². The van der Waals surface area contributed by atoms with E-state index >= 15 is 0 Å². The van der Waals surface area contributed by atoms with Crippen LogP contribution >= 0.6 is 0 Å². The summed E-state index contributed by atoms with van der Waals surface area (Å²) in [6, 6.07) is 7.26. The topological polar surface area (TPSA) is 82.9 Å². The SMILES string of the molecule is [C-]#[N+][C@@H]1C[C@@]2(CN1C(=O)C(C)(C)C(=O)NC(C)C)C(=O)Nc1ccccc12. The minimum Gasteiger partial charge on any atom is -0.353 e. The van der Waals surface area contributed by atoms with Gasteiger partial charge in [-0.25, -0.2) is 6.57 Å². The lowest BCUT2D eigenvalue weighted by atomic mass is 9.80. The molecule has 0 saturated carbocycles. The van der Waals surface area contributed by atoms with E-state index in [-0.39, 0.29) is 30.8 Å². The molecule has 142 valence electrons. The molecule has 2 N–H and O–H groups in total. The Labute approximate surface area is 158 Å². The van der Waals surface area contributed by atoms with Gasteiger partial charge in [-0.05, 0) is 39.3 Å². The number of nitrogens with one attached hydrogen (secondary N) is 2. The molecule has 0 aromatic heterocycles. The van der Waals surface area contributed by atoms with Gasteiger partial charge in [0.25, 0.3) is 0 Å². The van der Waals surface area contributed by atoms with E-state index in [4.69, 9.17) is 6.57 Å². The van der Waals surface area contributed by atoms with Crippen molar-refractivity contribution in [2.24, 2.45) is 5.41 Å². The summed E-state index contributed by atoms with van der Waals surface area (Å²) in [6.45, 7) is 14.4. The van der Waals surface area contributed by atoms with Crippen molar-refractivity contribution in [2.75, 3.05) is 11.9 Å². The zero-order valence-corrected chi connectivity index (χ0v) is 16.0. The normalized spacial score (nSPS) is 23.9. The monoisotopic (exact) mass is 368 g/mol. The highest BCUT2D eigenvalue weighted by Crippen LogP contribution is 2.47. The van der Waals surface area contributed by atoms with E-state index in [9.17, 15) is 14.4 Å². The average Bonchev–Trinajstić information content (AvgIpc) is 3.13. The maximum atomic E-state index is 13.2. The second-order valence-electron chi connectivity index (χ2n) is 8.08. The minimum absolute atomic E-state index is 0.0973. The Kier molecular flexibility index (Phi) is 4.46. The fraction of sp³-hybridized carbons (Fsp3) is 0.500. The highest BCUT2D eigenvalue weighted by molar-refractivity contribution is 6.09. The Morgan fingerprint density at radius 2 is 2.04 bits per heavy atom. The molecule has 27 heavy (non-hydrogen) atoms. The number of carbonyl (C=O) groups is 3. The molecule has 0 aliphatic carbocycles. The van der Waals surface area contributed by atoms with E-state index in [0.717, 1.165) is 11.3 Å².